The Hall–Kier alpha value is -3.14. The zero-order valence-corrected chi connectivity index (χ0v) is 18.0. The standard InChI is InChI=1S/C23H23N3O5S/c27-23(25-28)20(11-14-13-24-19-7-3-1-5-16(14)19)26(32(29)30)15-9-10-18-17-6-2-4-8-21(17)31-22(18)12-15/h1,3,5,7,9-10,12-13,20,24,28H,2,4,6,8,11H2,(H,25,27)(H,29,30)/p-1. The van der Waals surface area contributed by atoms with Crippen LogP contribution in [0.2, 0.25) is 0 Å². The van der Waals surface area contributed by atoms with Crippen molar-refractivity contribution >= 4 is 44.7 Å². The molecule has 0 saturated carbocycles. The normalized spacial score (nSPS) is 15.4. The van der Waals surface area contributed by atoms with Gasteiger partial charge in [-0.2, -0.15) is 0 Å². The summed E-state index contributed by atoms with van der Waals surface area (Å²) in [7, 11) is 0. The third kappa shape index (κ3) is 3.58. The van der Waals surface area contributed by atoms with E-state index in [0.29, 0.717) is 11.3 Å². The molecule has 0 bridgehead atoms. The minimum atomic E-state index is -2.77. The van der Waals surface area contributed by atoms with E-state index in [0.717, 1.165) is 57.6 Å². The van der Waals surface area contributed by atoms with Crippen LogP contribution in [0.1, 0.15) is 29.7 Å². The third-order valence-corrected chi connectivity index (χ3v) is 6.93. The molecule has 2 heterocycles. The number of carbonyl (C=O) groups is 1. The Morgan fingerprint density at radius 1 is 1.22 bits per heavy atom. The van der Waals surface area contributed by atoms with Gasteiger partial charge in [0.15, 0.2) is 0 Å². The van der Waals surface area contributed by atoms with E-state index in [9.17, 15) is 18.8 Å². The summed E-state index contributed by atoms with van der Waals surface area (Å²) >= 11 is -2.77. The van der Waals surface area contributed by atoms with E-state index in [2.05, 4.69) is 4.98 Å². The monoisotopic (exact) mass is 452 g/mol. The van der Waals surface area contributed by atoms with Gasteiger partial charge in [0.05, 0.1) is 5.69 Å². The minimum absolute atomic E-state index is 0.0665. The lowest BCUT2D eigenvalue weighted by Gasteiger charge is -2.33. The molecule has 2 atom stereocenters. The lowest BCUT2D eigenvalue weighted by molar-refractivity contribution is -0.130. The molecule has 166 valence electrons. The Bertz CT molecular complexity index is 1330. The molecule has 1 aliphatic rings. The Balaban J connectivity index is 1.56. The largest absolute Gasteiger partial charge is 0.755 e. The molecule has 2 aromatic carbocycles. The fraction of sp³-hybridized carbons (Fsp3) is 0.261. The maximum Gasteiger partial charge on any atom is 0.267 e. The number of H-pyrrole nitrogens is 1. The average Bonchev–Trinajstić information content (AvgIpc) is 3.38. The van der Waals surface area contributed by atoms with Gasteiger partial charge in [-0.05, 0) is 43.0 Å². The average molecular weight is 453 g/mol. The molecule has 32 heavy (non-hydrogen) atoms. The number of aryl methyl sites for hydroxylation is 2. The van der Waals surface area contributed by atoms with Gasteiger partial charge in [0.1, 0.15) is 17.4 Å². The maximum absolute atomic E-state index is 12.6. The van der Waals surface area contributed by atoms with Crippen LogP contribution < -0.4 is 9.79 Å². The number of aromatic nitrogens is 1. The van der Waals surface area contributed by atoms with Crippen molar-refractivity contribution in [3.8, 4) is 0 Å². The van der Waals surface area contributed by atoms with Gasteiger partial charge in [0, 0.05) is 58.2 Å². The highest BCUT2D eigenvalue weighted by Gasteiger charge is 2.29. The molecule has 1 amide bonds. The number of hydrogen-bond acceptors (Lipinski definition) is 5. The quantitative estimate of drug-likeness (QED) is 0.235. The first kappa shape index (κ1) is 20.7. The Morgan fingerprint density at radius 2 is 2.03 bits per heavy atom. The summed E-state index contributed by atoms with van der Waals surface area (Å²) in [5.41, 5.74) is 5.33. The van der Waals surface area contributed by atoms with Crippen molar-refractivity contribution in [1.29, 1.82) is 0 Å². The van der Waals surface area contributed by atoms with E-state index in [-0.39, 0.29) is 6.42 Å². The van der Waals surface area contributed by atoms with Crippen LogP contribution in [0.25, 0.3) is 21.9 Å². The van der Waals surface area contributed by atoms with Crippen molar-refractivity contribution in [2.75, 3.05) is 4.31 Å². The predicted molar refractivity (Wildman–Crippen MR) is 120 cm³/mol. The number of furan rings is 1. The number of rotatable bonds is 6. The third-order valence-electron chi connectivity index (χ3n) is 6.14. The van der Waals surface area contributed by atoms with Crippen molar-refractivity contribution < 1.29 is 23.2 Å². The number of benzene rings is 2. The smallest absolute Gasteiger partial charge is 0.267 e. The summed E-state index contributed by atoms with van der Waals surface area (Å²) in [6.45, 7) is 0. The zero-order valence-electron chi connectivity index (χ0n) is 17.2. The number of fused-ring (bicyclic) bond motifs is 4. The van der Waals surface area contributed by atoms with Crippen LogP contribution in [-0.2, 0) is 35.3 Å². The van der Waals surface area contributed by atoms with Crippen molar-refractivity contribution in [2.24, 2.45) is 0 Å². The number of nitrogens with one attached hydrogen (secondary N) is 2. The number of hydrogen-bond donors (Lipinski definition) is 3. The molecule has 9 heteroatoms. The van der Waals surface area contributed by atoms with Crippen molar-refractivity contribution in [3.63, 3.8) is 0 Å². The highest BCUT2D eigenvalue weighted by Crippen LogP contribution is 2.35. The number of nitrogens with zero attached hydrogens (tertiary/aromatic N) is 1. The van der Waals surface area contributed by atoms with Gasteiger partial charge < -0.3 is 14.0 Å². The number of para-hydroxylation sites is 1. The van der Waals surface area contributed by atoms with E-state index in [4.69, 9.17) is 4.42 Å². The van der Waals surface area contributed by atoms with Crippen molar-refractivity contribution in [2.45, 2.75) is 38.1 Å². The molecule has 5 rings (SSSR count). The van der Waals surface area contributed by atoms with Gasteiger partial charge in [-0.15, -0.1) is 0 Å². The number of hydroxylamine groups is 1. The number of aromatic amines is 1. The van der Waals surface area contributed by atoms with Crippen LogP contribution in [0.3, 0.4) is 0 Å². The molecule has 0 radical (unpaired) electrons. The van der Waals surface area contributed by atoms with Gasteiger partial charge >= 0.3 is 0 Å². The van der Waals surface area contributed by atoms with Gasteiger partial charge in [0.25, 0.3) is 5.91 Å². The van der Waals surface area contributed by atoms with Crippen molar-refractivity contribution in [1.82, 2.24) is 10.5 Å². The summed E-state index contributed by atoms with van der Waals surface area (Å²) in [5, 5.41) is 11.2. The molecule has 1 aliphatic carbocycles. The van der Waals surface area contributed by atoms with Gasteiger partial charge in [0.2, 0.25) is 0 Å². The van der Waals surface area contributed by atoms with Crippen LogP contribution in [0.5, 0.6) is 0 Å². The Labute approximate surface area is 186 Å². The SMILES string of the molecule is O=C(NO)C(Cc1c[nH]c2ccccc12)N(c1ccc2c3c(oc2c1)CCCC3)S(=O)[O-]. The second kappa shape index (κ2) is 8.42. The molecule has 2 unspecified atom stereocenters. The summed E-state index contributed by atoms with van der Waals surface area (Å²) < 4.78 is 31.6. The zero-order chi connectivity index (χ0) is 22.2. The first-order chi connectivity index (χ1) is 15.6. The summed E-state index contributed by atoms with van der Waals surface area (Å²) in [5.74, 6) is 0.125. The molecule has 0 spiro atoms. The second-order valence-electron chi connectivity index (χ2n) is 7.99. The summed E-state index contributed by atoms with van der Waals surface area (Å²) in [6.07, 6.45) is 5.79. The maximum atomic E-state index is 12.6. The fourth-order valence-electron chi connectivity index (χ4n) is 4.63. The minimum Gasteiger partial charge on any atom is -0.755 e. The number of carbonyl (C=O) groups excluding carboxylic acids is 1. The summed E-state index contributed by atoms with van der Waals surface area (Å²) in [4.78, 5) is 15.7. The van der Waals surface area contributed by atoms with E-state index < -0.39 is 23.2 Å². The predicted octanol–water partition coefficient (Wildman–Crippen LogP) is 3.51. The molecule has 8 nitrogen and oxygen atoms in total. The first-order valence-corrected chi connectivity index (χ1v) is 11.5. The highest BCUT2D eigenvalue weighted by atomic mass is 32.2. The van der Waals surface area contributed by atoms with Crippen LogP contribution in [0, 0.1) is 0 Å². The van der Waals surface area contributed by atoms with E-state index >= 15 is 0 Å². The molecule has 3 N–H and O–H groups in total. The molecular weight excluding hydrogens is 430 g/mol. The lowest BCUT2D eigenvalue weighted by atomic mass is 9.96. The first-order valence-electron chi connectivity index (χ1n) is 10.5. The fourth-order valence-corrected chi connectivity index (χ4v) is 5.29. The molecule has 2 aromatic heterocycles. The van der Waals surface area contributed by atoms with Crippen LogP contribution >= 0.6 is 0 Å². The van der Waals surface area contributed by atoms with Crippen LogP contribution in [0.15, 0.2) is 53.1 Å². The van der Waals surface area contributed by atoms with E-state index in [1.807, 2.05) is 30.3 Å². The summed E-state index contributed by atoms with van der Waals surface area (Å²) in [6, 6.07) is 11.5. The molecule has 0 fully saturated rings. The van der Waals surface area contributed by atoms with Gasteiger partial charge in [-0.1, -0.05) is 18.2 Å². The van der Waals surface area contributed by atoms with Crippen LogP contribution in [-0.4, -0.2) is 30.9 Å². The topological polar surface area (TPSA) is 122 Å². The molecule has 4 aromatic rings. The van der Waals surface area contributed by atoms with E-state index in [1.54, 1.807) is 23.8 Å². The van der Waals surface area contributed by atoms with E-state index in [1.165, 1.54) is 5.56 Å². The van der Waals surface area contributed by atoms with Gasteiger partial charge in [-0.3, -0.25) is 18.5 Å². The number of amides is 1. The van der Waals surface area contributed by atoms with Crippen molar-refractivity contribution in [3.05, 3.63) is 65.5 Å². The highest BCUT2D eigenvalue weighted by molar-refractivity contribution is 7.80. The molecular formula is C23H22N3O5S-. The number of anilines is 1. The van der Waals surface area contributed by atoms with Crippen LogP contribution in [0.4, 0.5) is 5.69 Å². The molecule has 0 saturated heterocycles. The molecule has 0 aliphatic heterocycles. The lowest BCUT2D eigenvalue weighted by Crippen LogP contribution is -2.48. The second-order valence-corrected chi connectivity index (χ2v) is 8.82. The Morgan fingerprint density at radius 3 is 2.84 bits per heavy atom. The Kier molecular flexibility index (Phi) is 5.46. The van der Waals surface area contributed by atoms with Gasteiger partial charge in [-0.25, -0.2) is 5.48 Å².